The highest BCUT2D eigenvalue weighted by molar-refractivity contribution is 9.10. The molecule has 2 aliphatic rings. The van der Waals surface area contributed by atoms with Crippen molar-refractivity contribution < 1.29 is 9.59 Å². The second kappa shape index (κ2) is 7.64. The summed E-state index contributed by atoms with van der Waals surface area (Å²) in [5.74, 6) is -0.398. The van der Waals surface area contributed by atoms with E-state index in [2.05, 4.69) is 21.2 Å². The van der Waals surface area contributed by atoms with Crippen LogP contribution in [0, 0.1) is 11.8 Å². The molecular weight excluding hydrogens is 382 g/mol. The molecule has 2 unspecified atom stereocenters. The van der Waals surface area contributed by atoms with Gasteiger partial charge in [0.1, 0.15) is 5.92 Å². The van der Waals surface area contributed by atoms with Gasteiger partial charge in [0.05, 0.1) is 0 Å². The molecule has 1 aliphatic heterocycles. The Kier molecular flexibility index (Phi) is 6.06. The first-order chi connectivity index (χ1) is 10.6. The molecule has 1 saturated carbocycles. The Morgan fingerprint density at radius 1 is 1.39 bits per heavy atom. The van der Waals surface area contributed by atoms with E-state index in [0.29, 0.717) is 25.4 Å². The lowest BCUT2D eigenvalue weighted by molar-refractivity contribution is -0.132. The van der Waals surface area contributed by atoms with Crippen LogP contribution in [-0.4, -0.2) is 30.9 Å². The van der Waals surface area contributed by atoms with Gasteiger partial charge in [-0.15, -0.1) is 12.4 Å². The van der Waals surface area contributed by atoms with Crippen molar-refractivity contribution in [1.82, 2.24) is 5.32 Å². The van der Waals surface area contributed by atoms with Crippen LogP contribution >= 0.6 is 28.3 Å². The Morgan fingerprint density at radius 2 is 2.13 bits per heavy atom. The zero-order chi connectivity index (χ0) is 15.7. The summed E-state index contributed by atoms with van der Waals surface area (Å²) < 4.78 is 0.919. The molecule has 0 bridgehead atoms. The van der Waals surface area contributed by atoms with Crippen molar-refractivity contribution >= 4 is 45.8 Å². The summed E-state index contributed by atoms with van der Waals surface area (Å²) in [4.78, 5) is 26.6. The van der Waals surface area contributed by atoms with Crippen LogP contribution in [0.25, 0.3) is 0 Å². The molecule has 1 aromatic rings. The van der Waals surface area contributed by atoms with E-state index in [0.717, 1.165) is 23.0 Å². The van der Waals surface area contributed by atoms with Crippen LogP contribution in [-0.2, 0) is 9.59 Å². The molecule has 1 aliphatic carbocycles. The Morgan fingerprint density at radius 3 is 2.74 bits per heavy atom. The van der Waals surface area contributed by atoms with Gasteiger partial charge in [0, 0.05) is 29.3 Å². The first kappa shape index (κ1) is 18.2. The third-order valence-corrected chi connectivity index (χ3v) is 4.91. The summed E-state index contributed by atoms with van der Waals surface area (Å²) in [6, 6.07) is 7.59. The van der Waals surface area contributed by atoms with E-state index < -0.39 is 5.92 Å². The smallest absolute Gasteiger partial charge is 0.239 e. The van der Waals surface area contributed by atoms with Crippen LogP contribution in [0.5, 0.6) is 0 Å². The molecule has 1 heterocycles. The standard InChI is InChI=1S/C16H20BrN3O2.ClH/c17-11-2-1-3-12(8-11)20-7-6-13(16(20)22)15(21)19-14(9-18)10-4-5-10;/h1-3,8,10,13-14H,4-7,9,18H2,(H,19,21);1H. The Labute approximate surface area is 150 Å². The van der Waals surface area contributed by atoms with Crippen LogP contribution in [0.2, 0.25) is 0 Å². The molecule has 3 N–H and O–H groups in total. The van der Waals surface area contributed by atoms with Crippen molar-refractivity contribution in [2.75, 3.05) is 18.0 Å². The van der Waals surface area contributed by atoms with E-state index in [1.807, 2.05) is 24.3 Å². The summed E-state index contributed by atoms with van der Waals surface area (Å²) in [6.07, 6.45) is 2.79. The predicted octanol–water partition coefficient (Wildman–Crippen LogP) is 2.08. The van der Waals surface area contributed by atoms with E-state index in [4.69, 9.17) is 5.73 Å². The summed E-state index contributed by atoms with van der Waals surface area (Å²) >= 11 is 3.41. The quantitative estimate of drug-likeness (QED) is 0.740. The molecule has 126 valence electrons. The van der Waals surface area contributed by atoms with E-state index in [-0.39, 0.29) is 30.3 Å². The van der Waals surface area contributed by atoms with Gasteiger partial charge in [-0.3, -0.25) is 9.59 Å². The average molecular weight is 403 g/mol. The molecule has 3 rings (SSSR count). The normalized spacial score (nSPS) is 21.7. The Hall–Kier alpha value is -1.11. The molecule has 2 amide bonds. The number of halogens is 2. The van der Waals surface area contributed by atoms with Gasteiger partial charge in [-0.1, -0.05) is 22.0 Å². The fraction of sp³-hybridized carbons (Fsp3) is 0.500. The van der Waals surface area contributed by atoms with Gasteiger partial charge in [-0.2, -0.15) is 0 Å². The fourth-order valence-electron chi connectivity index (χ4n) is 2.97. The lowest BCUT2D eigenvalue weighted by atomic mass is 10.1. The molecule has 0 radical (unpaired) electrons. The summed E-state index contributed by atoms with van der Waals surface area (Å²) in [7, 11) is 0. The second-order valence-corrected chi connectivity index (χ2v) is 6.91. The van der Waals surface area contributed by atoms with E-state index in [9.17, 15) is 9.59 Å². The monoisotopic (exact) mass is 401 g/mol. The maximum absolute atomic E-state index is 12.5. The minimum Gasteiger partial charge on any atom is -0.351 e. The lowest BCUT2D eigenvalue weighted by Crippen LogP contribution is -2.46. The van der Waals surface area contributed by atoms with Crippen molar-refractivity contribution in [2.45, 2.75) is 25.3 Å². The number of carbonyl (C=O) groups excluding carboxylic acids is 2. The molecule has 2 fully saturated rings. The number of nitrogens with two attached hydrogens (primary N) is 1. The van der Waals surface area contributed by atoms with E-state index >= 15 is 0 Å². The number of carbonyl (C=O) groups is 2. The summed E-state index contributed by atoms with van der Waals surface area (Å²) in [6.45, 7) is 1.01. The number of anilines is 1. The first-order valence-electron chi connectivity index (χ1n) is 7.67. The summed E-state index contributed by atoms with van der Waals surface area (Å²) in [5, 5.41) is 2.96. The van der Waals surface area contributed by atoms with Gasteiger partial charge < -0.3 is 16.0 Å². The molecule has 1 saturated heterocycles. The first-order valence-corrected chi connectivity index (χ1v) is 8.47. The van der Waals surface area contributed by atoms with Gasteiger partial charge >= 0.3 is 0 Å². The molecule has 7 heteroatoms. The van der Waals surface area contributed by atoms with Crippen molar-refractivity contribution in [2.24, 2.45) is 17.6 Å². The highest BCUT2D eigenvalue weighted by atomic mass is 79.9. The maximum Gasteiger partial charge on any atom is 0.239 e. The van der Waals surface area contributed by atoms with Gasteiger partial charge in [0.2, 0.25) is 11.8 Å². The van der Waals surface area contributed by atoms with Crippen molar-refractivity contribution in [3.05, 3.63) is 28.7 Å². The number of hydrogen-bond acceptors (Lipinski definition) is 3. The second-order valence-electron chi connectivity index (χ2n) is 6.00. The Balaban J connectivity index is 0.00000192. The van der Waals surface area contributed by atoms with Gasteiger partial charge in [-0.25, -0.2) is 0 Å². The van der Waals surface area contributed by atoms with Crippen LogP contribution < -0.4 is 16.0 Å². The molecule has 5 nitrogen and oxygen atoms in total. The zero-order valence-electron chi connectivity index (χ0n) is 12.7. The van der Waals surface area contributed by atoms with Crippen molar-refractivity contribution in [1.29, 1.82) is 0 Å². The minimum absolute atomic E-state index is 0. The lowest BCUT2D eigenvalue weighted by Gasteiger charge is -2.19. The fourth-order valence-corrected chi connectivity index (χ4v) is 3.36. The van der Waals surface area contributed by atoms with Crippen molar-refractivity contribution in [3.63, 3.8) is 0 Å². The number of rotatable bonds is 5. The van der Waals surface area contributed by atoms with E-state index in [1.54, 1.807) is 4.90 Å². The predicted molar refractivity (Wildman–Crippen MR) is 95.6 cm³/mol. The highest BCUT2D eigenvalue weighted by Crippen LogP contribution is 2.33. The molecule has 2 atom stereocenters. The molecule has 1 aromatic carbocycles. The van der Waals surface area contributed by atoms with Gasteiger partial charge in [0.15, 0.2) is 0 Å². The minimum atomic E-state index is -0.591. The molecule has 0 aromatic heterocycles. The number of benzene rings is 1. The number of nitrogens with zero attached hydrogens (tertiary/aromatic N) is 1. The van der Waals surface area contributed by atoms with Gasteiger partial charge in [0.25, 0.3) is 0 Å². The molecule has 0 spiro atoms. The molecule has 23 heavy (non-hydrogen) atoms. The van der Waals surface area contributed by atoms with Crippen LogP contribution in [0.3, 0.4) is 0 Å². The SMILES string of the molecule is Cl.NCC(NC(=O)C1CCN(c2cccc(Br)c2)C1=O)C1CC1. The van der Waals surface area contributed by atoms with E-state index in [1.165, 1.54) is 0 Å². The van der Waals surface area contributed by atoms with Crippen LogP contribution in [0.15, 0.2) is 28.7 Å². The average Bonchev–Trinajstić information content (AvgIpc) is 3.27. The maximum atomic E-state index is 12.5. The zero-order valence-corrected chi connectivity index (χ0v) is 15.1. The third-order valence-electron chi connectivity index (χ3n) is 4.41. The number of hydrogen-bond donors (Lipinski definition) is 2. The number of nitrogens with one attached hydrogen (secondary N) is 1. The topological polar surface area (TPSA) is 75.4 Å². The van der Waals surface area contributed by atoms with Crippen LogP contribution in [0.1, 0.15) is 19.3 Å². The Bertz CT molecular complexity index is 594. The number of amides is 2. The highest BCUT2D eigenvalue weighted by Gasteiger charge is 2.40. The summed E-state index contributed by atoms with van der Waals surface area (Å²) in [5.41, 5.74) is 6.54. The van der Waals surface area contributed by atoms with Crippen LogP contribution in [0.4, 0.5) is 5.69 Å². The largest absolute Gasteiger partial charge is 0.351 e. The van der Waals surface area contributed by atoms with Crippen molar-refractivity contribution in [3.8, 4) is 0 Å². The molecular formula is C16H21BrClN3O2. The third kappa shape index (κ3) is 4.05. The van der Waals surface area contributed by atoms with Gasteiger partial charge in [-0.05, 0) is 43.4 Å².